The standard InChI is InChI=1S/C11H14N4/c1-9-3-2-4-10(5-9)6-12-7-11-13-8-14-15-11/h2-5,8,12H,6-7H2,1H3,(H,13,14,15). The van der Waals surface area contributed by atoms with Crippen molar-refractivity contribution in [3.8, 4) is 0 Å². The van der Waals surface area contributed by atoms with Crippen LogP contribution in [0.15, 0.2) is 30.6 Å². The molecule has 1 aromatic carbocycles. The van der Waals surface area contributed by atoms with Crippen LogP contribution in [0.2, 0.25) is 0 Å². The van der Waals surface area contributed by atoms with Gasteiger partial charge in [-0.1, -0.05) is 29.8 Å². The van der Waals surface area contributed by atoms with Crippen LogP contribution in [0.25, 0.3) is 0 Å². The third kappa shape index (κ3) is 2.89. The van der Waals surface area contributed by atoms with Crippen LogP contribution in [-0.4, -0.2) is 15.2 Å². The lowest BCUT2D eigenvalue weighted by molar-refractivity contribution is 0.664. The normalized spacial score (nSPS) is 10.5. The van der Waals surface area contributed by atoms with E-state index in [0.717, 1.165) is 12.4 Å². The van der Waals surface area contributed by atoms with Crippen molar-refractivity contribution in [2.75, 3.05) is 0 Å². The summed E-state index contributed by atoms with van der Waals surface area (Å²) in [7, 11) is 0. The molecule has 78 valence electrons. The second kappa shape index (κ2) is 4.70. The molecule has 0 aliphatic carbocycles. The zero-order chi connectivity index (χ0) is 10.5. The number of H-pyrrole nitrogens is 1. The Morgan fingerprint density at radius 1 is 1.33 bits per heavy atom. The summed E-state index contributed by atoms with van der Waals surface area (Å²) in [6.45, 7) is 3.66. The summed E-state index contributed by atoms with van der Waals surface area (Å²) >= 11 is 0. The van der Waals surface area contributed by atoms with Crippen molar-refractivity contribution in [2.24, 2.45) is 0 Å². The Morgan fingerprint density at radius 3 is 3.00 bits per heavy atom. The zero-order valence-corrected chi connectivity index (χ0v) is 8.70. The van der Waals surface area contributed by atoms with Gasteiger partial charge in [-0.2, -0.15) is 5.10 Å². The van der Waals surface area contributed by atoms with Gasteiger partial charge in [0.2, 0.25) is 0 Å². The average molecular weight is 202 g/mol. The summed E-state index contributed by atoms with van der Waals surface area (Å²) in [5.74, 6) is 0.864. The van der Waals surface area contributed by atoms with E-state index in [1.165, 1.54) is 17.5 Å². The van der Waals surface area contributed by atoms with E-state index >= 15 is 0 Å². The highest BCUT2D eigenvalue weighted by molar-refractivity contribution is 5.21. The molecule has 0 atom stereocenters. The maximum absolute atomic E-state index is 4.04. The number of hydrogen-bond donors (Lipinski definition) is 2. The Kier molecular flexibility index (Phi) is 3.09. The number of aryl methyl sites for hydroxylation is 1. The number of benzene rings is 1. The number of rotatable bonds is 4. The van der Waals surface area contributed by atoms with Gasteiger partial charge in [0, 0.05) is 6.54 Å². The van der Waals surface area contributed by atoms with Crippen LogP contribution in [0.4, 0.5) is 0 Å². The monoisotopic (exact) mass is 202 g/mol. The lowest BCUT2D eigenvalue weighted by Gasteiger charge is -2.03. The van der Waals surface area contributed by atoms with Crippen molar-refractivity contribution >= 4 is 0 Å². The first-order valence-electron chi connectivity index (χ1n) is 4.95. The average Bonchev–Trinajstić information content (AvgIpc) is 2.71. The van der Waals surface area contributed by atoms with Gasteiger partial charge in [0.15, 0.2) is 0 Å². The molecule has 2 rings (SSSR count). The lowest BCUT2D eigenvalue weighted by Crippen LogP contribution is -2.13. The minimum Gasteiger partial charge on any atom is -0.306 e. The highest BCUT2D eigenvalue weighted by Crippen LogP contribution is 2.03. The third-order valence-electron chi connectivity index (χ3n) is 2.17. The summed E-state index contributed by atoms with van der Waals surface area (Å²) in [5, 5.41) is 9.89. The van der Waals surface area contributed by atoms with Crippen molar-refractivity contribution in [1.29, 1.82) is 0 Å². The van der Waals surface area contributed by atoms with Gasteiger partial charge in [-0.3, -0.25) is 5.10 Å². The quantitative estimate of drug-likeness (QED) is 0.788. The van der Waals surface area contributed by atoms with Gasteiger partial charge >= 0.3 is 0 Å². The number of aromatic amines is 1. The molecule has 4 heteroatoms. The lowest BCUT2D eigenvalue weighted by atomic mass is 10.1. The van der Waals surface area contributed by atoms with Crippen LogP contribution in [0.5, 0.6) is 0 Å². The van der Waals surface area contributed by atoms with E-state index in [2.05, 4.69) is 51.7 Å². The maximum Gasteiger partial charge on any atom is 0.138 e. The largest absolute Gasteiger partial charge is 0.306 e. The number of hydrogen-bond acceptors (Lipinski definition) is 3. The van der Waals surface area contributed by atoms with Gasteiger partial charge in [0.05, 0.1) is 6.54 Å². The fraction of sp³-hybridized carbons (Fsp3) is 0.273. The molecule has 1 aromatic heterocycles. The maximum atomic E-state index is 4.04. The fourth-order valence-corrected chi connectivity index (χ4v) is 1.46. The molecule has 0 radical (unpaired) electrons. The van der Waals surface area contributed by atoms with E-state index in [1.807, 2.05) is 0 Å². The molecule has 2 aromatic rings. The van der Waals surface area contributed by atoms with Crippen LogP contribution in [0, 0.1) is 6.92 Å². The van der Waals surface area contributed by atoms with E-state index in [-0.39, 0.29) is 0 Å². The molecule has 0 aliphatic rings. The highest BCUT2D eigenvalue weighted by Gasteiger charge is 1.95. The van der Waals surface area contributed by atoms with Crippen LogP contribution in [-0.2, 0) is 13.1 Å². The molecule has 0 saturated carbocycles. The summed E-state index contributed by atoms with van der Waals surface area (Å²) in [5.41, 5.74) is 2.57. The van der Waals surface area contributed by atoms with Gasteiger partial charge in [-0.25, -0.2) is 4.98 Å². The van der Waals surface area contributed by atoms with Crippen LogP contribution < -0.4 is 5.32 Å². The van der Waals surface area contributed by atoms with Crippen molar-refractivity contribution in [2.45, 2.75) is 20.0 Å². The summed E-state index contributed by atoms with van der Waals surface area (Å²) < 4.78 is 0. The third-order valence-corrected chi connectivity index (χ3v) is 2.17. The minimum absolute atomic E-state index is 0.716. The molecule has 1 heterocycles. The molecule has 0 spiro atoms. The van der Waals surface area contributed by atoms with Gasteiger partial charge in [0.25, 0.3) is 0 Å². The fourth-order valence-electron chi connectivity index (χ4n) is 1.46. The Balaban J connectivity index is 1.83. The summed E-state index contributed by atoms with van der Waals surface area (Å²) in [6, 6.07) is 8.45. The molecule has 0 fully saturated rings. The molecule has 4 nitrogen and oxygen atoms in total. The number of aromatic nitrogens is 3. The van der Waals surface area contributed by atoms with Gasteiger partial charge in [-0.15, -0.1) is 0 Å². The van der Waals surface area contributed by atoms with E-state index in [1.54, 1.807) is 0 Å². The molecule has 0 unspecified atom stereocenters. The Morgan fingerprint density at radius 2 is 2.27 bits per heavy atom. The van der Waals surface area contributed by atoms with Gasteiger partial charge in [0.1, 0.15) is 12.2 Å². The van der Waals surface area contributed by atoms with Crippen LogP contribution in [0.3, 0.4) is 0 Å². The number of nitrogens with zero attached hydrogens (tertiary/aromatic N) is 2. The smallest absolute Gasteiger partial charge is 0.138 e. The summed E-state index contributed by atoms with van der Waals surface area (Å²) in [6.07, 6.45) is 1.52. The van der Waals surface area contributed by atoms with E-state index in [0.29, 0.717) is 6.54 Å². The predicted molar refractivity (Wildman–Crippen MR) is 58.1 cm³/mol. The van der Waals surface area contributed by atoms with Crippen molar-refractivity contribution in [3.63, 3.8) is 0 Å². The van der Waals surface area contributed by atoms with Gasteiger partial charge in [-0.05, 0) is 12.5 Å². The van der Waals surface area contributed by atoms with Crippen LogP contribution >= 0.6 is 0 Å². The first-order valence-corrected chi connectivity index (χ1v) is 4.95. The van der Waals surface area contributed by atoms with Gasteiger partial charge < -0.3 is 5.32 Å². The first kappa shape index (κ1) is 9.86. The predicted octanol–water partition coefficient (Wildman–Crippen LogP) is 1.40. The highest BCUT2D eigenvalue weighted by atomic mass is 15.2. The van der Waals surface area contributed by atoms with Crippen molar-refractivity contribution in [3.05, 3.63) is 47.5 Å². The van der Waals surface area contributed by atoms with Crippen LogP contribution in [0.1, 0.15) is 17.0 Å². The SMILES string of the molecule is Cc1cccc(CNCc2ncn[nH]2)c1. The Bertz CT molecular complexity index is 408. The molecule has 0 aliphatic heterocycles. The van der Waals surface area contributed by atoms with E-state index in [9.17, 15) is 0 Å². The second-order valence-electron chi connectivity index (χ2n) is 3.52. The second-order valence-corrected chi connectivity index (χ2v) is 3.52. The molecular formula is C11H14N4. The summed E-state index contributed by atoms with van der Waals surface area (Å²) in [4.78, 5) is 4.04. The molecule has 0 amide bonds. The minimum atomic E-state index is 0.716. The molecule has 2 N–H and O–H groups in total. The molecule has 0 saturated heterocycles. The molecular weight excluding hydrogens is 188 g/mol. The van der Waals surface area contributed by atoms with Crippen molar-refractivity contribution < 1.29 is 0 Å². The Hall–Kier alpha value is -1.68. The van der Waals surface area contributed by atoms with Crippen molar-refractivity contribution in [1.82, 2.24) is 20.5 Å². The molecule has 0 bridgehead atoms. The Labute approximate surface area is 88.8 Å². The number of nitrogens with one attached hydrogen (secondary N) is 2. The molecule has 15 heavy (non-hydrogen) atoms. The van der Waals surface area contributed by atoms with E-state index in [4.69, 9.17) is 0 Å². The topological polar surface area (TPSA) is 53.6 Å². The first-order chi connectivity index (χ1) is 7.34. The zero-order valence-electron chi connectivity index (χ0n) is 8.70. The van der Waals surface area contributed by atoms with E-state index < -0.39 is 0 Å².